The highest BCUT2D eigenvalue weighted by molar-refractivity contribution is 5.20. The van der Waals surface area contributed by atoms with Crippen molar-refractivity contribution in [3.8, 4) is 0 Å². The van der Waals surface area contributed by atoms with Gasteiger partial charge in [0.25, 0.3) is 0 Å². The van der Waals surface area contributed by atoms with Gasteiger partial charge in [0.05, 0.1) is 0 Å². The Labute approximate surface area is 103 Å². The smallest absolute Gasteiger partial charge is 0.123 e. The van der Waals surface area contributed by atoms with E-state index in [0.717, 1.165) is 24.6 Å². The van der Waals surface area contributed by atoms with Crippen LogP contribution >= 0.6 is 0 Å². The Morgan fingerprint density at radius 1 is 1.47 bits per heavy atom. The first-order chi connectivity index (χ1) is 8.15. The molecule has 1 aliphatic rings. The average molecular weight is 236 g/mol. The first kappa shape index (κ1) is 12.5. The van der Waals surface area contributed by atoms with E-state index in [9.17, 15) is 4.39 Å². The summed E-state index contributed by atoms with van der Waals surface area (Å²) in [6.07, 6.45) is 4.06. The molecule has 1 fully saturated rings. The second-order valence-corrected chi connectivity index (χ2v) is 5.18. The molecular formula is C14H21FN2. The summed E-state index contributed by atoms with van der Waals surface area (Å²) in [4.78, 5) is 2.26. The van der Waals surface area contributed by atoms with Crippen molar-refractivity contribution in [3.05, 3.63) is 35.6 Å². The molecule has 0 saturated heterocycles. The highest BCUT2D eigenvalue weighted by Crippen LogP contribution is 2.27. The number of nitrogens with zero attached hydrogens (tertiary/aromatic N) is 1. The van der Waals surface area contributed by atoms with E-state index in [1.54, 1.807) is 6.07 Å². The van der Waals surface area contributed by atoms with Crippen LogP contribution in [0.2, 0.25) is 0 Å². The summed E-state index contributed by atoms with van der Waals surface area (Å²) in [5.74, 6) is 0.638. The molecule has 0 heterocycles. The SMILES string of the molecule is CN(CC1CCC1)CC(N)c1cccc(F)c1. The Hall–Kier alpha value is -0.930. The van der Waals surface area contributed by atoms with Crippen molar-refractivity contribution in [1.29, 1.82) is 0 Å². The lowest BCUT2D eigenvalue weighted by Crippen LogP contribution is -2.34. The minimum Gasteiger partial charge on any atom is -0.323 e. The van der Waals surface area contributed by atoms with Gasteiger partial charge in [-0.05, 0) is 43.5 Å². The van der Waals surface area contributed by atoms with Gasteiger partial charge >= 0.3 is 0 Å². The minimum atomic E-state index is -0.209. The molecule has 1 aromatic rings. The van der Waals surface area contributed by atoms with Gasteiger partial charge in [0.2, 0.25) is 0 Å². The molecule has 0 aliphatic heterocycles. The zero-order valence-electron chi connectivity index (χ0n) is 10.4. The number of benzene rings is 1. The summed E-state index contributed by atoms with van der Waals surface area (Å²) in [7, 11) is 2.09. The zero-order valence-corrected chi connectivity index (χ0v) is 10.4. The number of likely N-dealkylation sites (N-methyl/N-ethyl adjacent to an activating group) is 1. The predicted molar refractivity (Wildman–Crippen MR) is 68.2 cm³/mol. The first-order valence-corrected chi connectivity index (χ1v) is 6.35. The molecule has 2 nitrogen and oxygen atoms in total. The van der Waals surface area contributed by atoms with Gasteiger partial charge in [0.15, 0.2) is 0 Å². The molecule has 1 aliphatic carbocycles. The fraction of sp³-hybridized carbons (Fsp3) is 0.571. The van der Waals surface area contributed by atoms with E-state index in [-0.39, 0.29) is 11.9 Å². The largest absolute Gasteiger partial charge is 0.323 e. The summed E-state index contributed by atoms with van der Waals surface area (Å²) in [5.41, 5.74) is 6.97. The summed E-state index contributed by atoms with van der Waals surface area (Å²) < 4.78 is 13.1. The second kappa shape index (κ2) is 5.61. The Kier molecular flexibility index (Phi) is 4.13. The normalized spacial score (nSPS) is 18.1. The lowest BCUT2D eigenvalue weighted by Gasteiger charge is -2.31. The monoisotopic (exact) mass is 236 g/mol. The molecule has 1 atom stereocenters. The standard InChI is InChI=1S/C14H21FN2/c1-17(9-11-4-2-5-11)10-14(16)12-6-3-7-13(15)8-12/h3,6-8,11,14H,2,4-5,9-10,16H2,1H3. The van der Waals surface area contributed by atoms with Gasteiger partial charge < -0.3 is 10.6 Å². The number of hydrogen-bond donors (Lipinski definition) is 1. The highest BCUT2D eigenvalue weighted by Gasteiger charge is 2.20. The van der Waals surface area contributed by atoms with Crippen molar-refractivity contribution in [2.24, 2.45) is 11.7 Å². The molecule has 1 unspecified atom stereocenters. The van der Waals surface area contributed by atoms with E-state index in [1.165, 1.54) is 31.4 Å². The summed E-state index contributed by atoms with van der Waals surface area (Å²) in [5, 5.41) is 0. The van der Waals surface area contributed by atoms with Gasteiger partial charge in [-0.3, -0.25) is 0 Å². The van der Waals surface area contributed by atoms with Crippen LogP contribution < -0.4 is 5.73 Å². The molecule has 0 amide bonds. The van der Waals surface area contributed by atoms with Crippen LogP contribution in [0.15, 0.2) is 24.3 Å². The third-order valence-corrected chi connectivity index (χ3v) is 3.58. The van der Waals surface area contributed by atoms with Crippen LogP contribution in [-0.4, -0.2) is 25.0 Å². The molecule has 17 heavy (non-hydrogen) atoms. The van der Waals surface area contributed by atoms with Gasteiger partial charge in [-0.1, -0.05) is 18.6 Å². The van der Waals surface area contributed by atoms with Gasteiger partial charge in [-0.15, -0.1) is 0 Å². The lowest BCUT2D eigenvalue weighted by molar-refractivity contribution is 0.198. The van der Waals surface area contributed by atoms with Crippen LogP contribution in [0.3, 0.4) is 0 Å². The van der Waals surface area contributed by atoms with Crippen molar-refractivity contribution in [1.82, 2.24) is 4.90 Å². The molecule has 0 bridgehead atoms. The molecule has 3 heteroatoms. The van der Waals surface area contributed by atoms with E-state index in [0.29, 0.717) is 0 Å². The van der Waals surface area contributed by atoms with E-state index in [2.05, 4.69) is 11.9 Å². The fourth-order valence-corrected chi connectivity index (χ4v) is 2.37. The first-order valence-electron chi connectivity index (χ1n) is 6.35. The number of hydrogen-bond acceptors (Lipinski definition) is 2. The summed E-state index contributed by atoms with van der Waals surface area (Å²) >= 11 is 0. The maximum Gasteiger partial charge on any atom is 0.123 e. The molecular weight excluding hydrogens is 215 g/mol. The van der Waals surface area contributed by atoms with Crippen molar-refractivity contribution < 1.29 is 4.39 Å². The van der Waals surface area contributed by atoms with E-state index in [4.69, 9.17) is 5.73 Å². The van der Waals surface area contributed by atoms with Crippen LogP contribution in [-0.2, 0) is 0 Å². The van der Waals surface area contributed by atoms with Gasteiger partial charge in [0, 0.05) is 19.1 Å². The molecule has 1 aromatic carbocycles. The molecule has 0 spiro atoms. The number of nitrogens with two attached hydrogens (primary N) is 1. The van der Waals surface area contributed by atoms with Gasteiger partial charge in [-0.2, -0.15) is 0 Å². The predicted octanol–water partition coefficient (Wildman–Crippen LogP) is 2.56. The van der Waals surface area contributed by atoms with Crippen LogP contribution in [0.25, 0.3) is 0 Å². The highest BCUT2D eigenvalue weighted by atomic mass is 19.1. The van der Waals surface area contributed by atoms with Gasteiger partial charge in [-0.25, -0.2) is 4.39 Å². The Morgan fingerprint density at radius 3 is 2.82 bits per heavy atom. The fourth-order valence-electron chi connectivity index (χ4n) is 2.37. The molecule has 2 rings (SSSR count). The minimum absolute atomic E-state index is 0.101. The molecule has 1 saturated carbocycles. The van der Waals surface area contributed by atoms with Crippen molar-refractivity contribution in [2.45, 2.75) is 25.3 Å². The quantitative estimate of drug-likeness (QED) is 0.851. The van der Waals surface area contributed by atoms with Gasteiger partial charge in [0.1, 0.15) is 5.82 Å². The van der Waals surface area contributed by atoms with Crippen LogP contribution in [0.1, 0.15) is 30.9 Å². The molecule has 2 N–H and O–H groups in total. The summed E-state index contributed by atoms with van der Waals surface area (Å²) in [6, 6.07) is 6.49. The maximum atomic E-state index is 13.1. The Bertz CT molecular complexity index is 363. The molecule has 0 radical (unpaired) electrons. The van der Waals surface area contributed by atoms with Crippen molar-refractivity contribution >= 4 is 0 Å². The number of halogens is 1. The average Bonchev–Trinajstić information content (AvgIpc) is 2.23. The van der Waals surface area contributed by atoms with Crippen LogP contribution in [0.5, 0.6) is 0 Å². The molecule has 94 valence electrons. The summed E-state index contributed by atoms with van der Waals surface area (Å²) in [6.45, 7) is 1.91. The van der Waals surface area contributed by atoms with E-state index < -0.39 is 0 Å². The maximum absolute atomic E-state index is 13.1. The molecule has 0 aromatic heterocycles. The third-order valence-electron chi connectivity index (χ3n) is 3.58. The Balaban J connectivity index is 1.84. The topological polar surface area (TPSA) is 29.3 Å². The lowest BCUT2D eigenvalue weighted by atomic mass is 9.85. The van der Waals surface area contributed by atoms with Crippen molar-refractivity contribution in [2.75, 3.05) is 20.1 Å². The zero-order chi connectivity index (χ0) is 12.3. The van der Waals surface area contributed by atoms with Crippen molar-refractivity contribution in [3.63, 3.8) is 0 Å². The van der Waals surface area contributed by atoms with E-state index in [1.807, 2.05) is 6.07 Å². The van der Waals surface area contributed by atoms with Crippen LogP contribution in [0, 0.1) is 11.7 Å². The second-order valence-electron chi connectivity index (χ2n) is 5.18. The Morgan fingerprint density at radius 2 is 2.24 bits per heavy atom. The third kappa shape index (κ3) is 3.51. The number of rotatable bonds is 5. The van der Waals surface area contributed by atoms with E-state index >= 15 is 0 Å². The van der Waals surface area contributed by atoms with Crippen LogP contribution in [0.4, 0.5) is 4.39 Å².